The lowest BCUT2D eigenvalue weighted by Crippen LogP contribution is -2.40. The Morgan fingerprint density at radius 2 is 0.833 bits per heavy atom. The maximum absolute atomic E-state index is 12.8. The minimum atomic E-state index is -3.23. The van der Waals surface area contributed by atoms with Crippen LogP contribution in [0, 0.1) is 0 Å². The van der Waals surface area contributed by atoms with Crippen LogP contribution in [0.25, 0.3) is 0 Å². The van der Waals surface area contributed by atoms with Crippen LogP contribution in [-0.4, -0.2) is 0 Å². The van der Waals surface area contributed by atoms with E-state index < -0.39 is 13.0 Å². The fourth-order valence-corrected chi connectivity index (χ4v) is 9.43. The second-order valence-corrected chi connectivity index (χ2v) is 11.0. The third-order valence-electron chi connectivity index (χ3n) is 3.00. The minimum absolute atomic E-state index is 0.392. The Bertz CT molecular complexity index is 625. The summed E-state index contributed by atoms with van der Waals surface area (Å²) in [5, 5.41) is 1.57. The van der Waals surface area contributed by atoms with Gasteiger partial charge in [-0.2, -0.15) is 0 Å². The number of rotatable bonds is 0. The van der Waals surface area contributed by atoms with Gasteiger partial charge in [0.05, 0.1) is 0 Å². The number of benzene rings is 2. The topological polar surface area (TPSA) is 34.1 Å². The highest BCUT2D eigenvalue weighted by atomic mass is 35.7. The number of halogens is 2. The van der Waals surface area contributed by atoms with E-state index in [0.717, 1.165) is 0 Å². The molecule has 0 unspecified atom stereocenters. The molecule has 0 bridgehead atoms. The molecule has 1 heterocycles. The van der Waals surface area contributed by atoms with Crippen molar-refractivity contribution in [2.45, 2.75) is 0 Å². The van der Waals surface area contributed by atoms with Crippen molar-refractivity contribution in [2.24, 2.45) is 0 Å². The molecule has 0 atom stereocenters. The zero-order valence-corrected chi connectivity index (χ0v) is 12.4. The predicted molar refractivity (Wildman–Crippen MR) is 78.3 cm³/mol. The first kappa shape index (κ1) is 12.5. The lowest BCUT2D eigenvalue weighted by molar-refractivity contribution is 0.591. The molecule has 0 spiro atoms. The van der Waals surface area contributed by atoms with Crippen molar-refractivity contribution in [3.63, 3.8) is 0 Å². The highest BCUT2D eigenvalue weighted by molar-refractivity contribution is 8.09. The summed E-state index contributed by atoms with van der Waals surface area (Å²) in [7, 11) is 0. The van der Waals surface area contributed by atoms with Gasteiger partial charge in [0.1, 0.15) is 0 Å². The van der Waals surface area contributed by atoms with Crippen LogP contribution in [0.3, 0.4) is 0 Å². The molecule has 0 saturated heterocycles. The number of fused-ring (bicyclic) bond motifs is 2. The monoisotopic (exact) mass is 316 g/mol. The standard InChI is InChI=1S/C12H8Cl2O2P2/c13-17(15)9-5-1-2-6-10(9)18(14,16)12-8-4-3-7-11(12)17/h1-8H. The second kappa shape index (κ2) is 3.99. The smallest absolute Gasteiger partial charge is 0.227 e. The van der Waals surface area contributed by atoms with Crippen molar-refractivity contribution in [1.82, 2.24) is 0 Å². The van der Waals surface area contributed by atoms with Gasteiger partial charge in [-0.25, -0.2) is 0 Å². The minimum Gasteiger partial charge on any atom is -0.296 e. The van der Waals surface area contributed by atoms with E-state index >= 15 is 0 Å². The van der Waals surface area contributed by atoms with Gasteiger partial charge in [-0.1, -0.05) is 24.3 Å². The van der Waals surface area contributed by atoms with Gasteiger partial charge in [0, 0.05) is 21.2 Å². The van der Waals surface area contributed by atoms with Gasteiger partial charge in [-0.15, -0.1) is 0 Å². The number of hydrogen-bond acceptors (Lipinski definition) is 2. The predicted octanol–water partition coefficient (Wildman–Crippen LogP) is 2.94. The third-order valence-corrected chi connectivity index (χ3v) is 9.58. The van der Waals surface area contributed by atoms with Crippen LogP contribution in [0.2, 0.25) is 0 Å². The van der Waals surface area contributed by atoms with E-state index in [4.69, 9.17) is 22.5 Å². The maximum atomic E-state index is 12.8. The summed E-state index contributed by atoms with van der Waals surface area (Å²) in [6.45, 7) is -6.46. The molecule has 3 rings (SSSR count). The first-order chi connectivity index (χ1) is 8.45. The van der Waals surface area contributed by atoms with Crippen molar-refractivity contribution < 1.29 is 9.13 Å². The lowest BCUT2D eigenvalue weighted by atomic mass is 10.3. The molecular weight excluding hydrogens is 309 g/mol. The van der Waals surface area contributed by atoms with E-state index in [2.05, 4.69) is 0 Å². The Kier molecular flexibility index (Phi) is 2.77. The van der Waals surface area contributed by atoms with Crippen molar-refractivity contribution in [2.75, 3.05) is 0 Å². The molecule has 0 radical (unpaired) electrons. The quantitative estimate of drug-likeness (QED) is 0.700. The van der Waals surface area contributed by atoms with Crippen molar-refractivity contribution in [3.05, 3.63) is 48.5 Å². The highest BCUT2D eigenvalue weighted by Crippen LogP contribution is 2.59. The largest absolute Gasteiger partial charge is 0.296 e. The molecule has 0 aliphatic carbocycles. The van der Waals surface area contributed by atoms with Gasteiger partial charge in [0.15, 0.2) is 0 Å². The van der Waals surface area contributed by atoms with Crippen LogP contribution in [0.5, 0.6) is 0 Å². The fraction of sp³-hybridized carbons (Fsp3) is 0. The molecule has 0 saturated carbocycles. The zero-order valence-electron chi connectivity index (χ0n) is 9.09. The van der Waals surface area contributed by atoms with Crippen LogP contribution in [0.15, 0.2) is 48.5 Å². The van der Waals surface area contributed by atoms with E-state index in [9.17, 15) is 9.13 Å². The number of hydrogen-bond donors (Lipinski definition) is 0. The summed E-state index contributed by atoms with van der Waals surface area (Å²) >= 11 is 12.5. The first-order valence-corrected chi connectivity index (χ1v) is 10.5. The lowest BCUT2D eigenvalue weighted by Gasteiger charge is -2.27. The molecule has 0 N–H and O–H groups in total. The third kappa shape index (κ3) is 1.57. The van der Waals surface area contributed by atoms with Gasteiger partial charge in [-0.05, 0) is 46.7 Å². The molecule has 0 fully saturated rings. The van der Waals surface area contributed by atoms with Gasteiger partial charge in [0.2, 0.25) is 13.0 Å². The van der Waals surface area contributed by atoms with Crippen molar-refractivity contribution >= 4 is 56.7 Å². The molecule has 1 aliphatic rings. The van der Waals surface area contributed by atoms with E-state index in [1.807, 2.05) is 0 Å². The molecule has 0 aromatic heterocycles. The Labute approximate surface area is 114 Å². The summed E-state index contributed by atoms with van der Waals surface area (Å²) in [5.74, 6) is 0. The summed E-state index contributed by atoms with van der Waals surface area (Å²) < 4.78 is 25.5. The molecule has 2 aromatic rings. The summed E-state index contributed by atoms with van der Waals surface area (Å²) in [6.07, 6.45) is 0. The Morgan fingerprint density at radius 1 is 0.611 bits per heavy atom. The van der Waals surface area contributed by atoms with E-state index in [1.54, 1.807) is 48.5 Å². The summed E-state index contributed by atoms with van der Waals surface area (Å²) in [5.41, 5.74) is 0. The Morgan fingerprint density at radius 3 is 1.06 bits per heavy atom. The van der Waals surface area contributed by atoms with Crippen LogP contribution in [0.1, 0.15) is 0 Å². The van der Waals surface area contributed by atoms with E-state index in [1.165, 1.54) is 0 Å². The molecule has 92 valence electrons. The molecule has 1 aliphatic heterocycles. The highest BCUT2D eigenvalue weighted by Gasteiger charge is 2.43. The van der Waals surface area contributed by atoms with Crippen molar-refractivity contribution in [3.8, 4) is 0 Å². The van der Waals surface area contributed by atoms with Crippen LogP contribution >= 0.6 is 35.5 Å². The molecule has 18 heavy (non-hydrogen) atoms. The van der Waals surface area contributed by atoms with Crippen LogP contribution in [-0.2, 0) is 9.13 Å². The van der Waals surface area contributed by atoms with Crippen LogP contribution < -0.4 is 21.2 Å². The Balaban J connectivity index is 2.49. The second-order valence-electron chi connectivity index (χ2n) is 4.04. The molecule has 2 nitrogen and oxygen atoms in total. The van der Waals surface area contributed by atoms with Crippen molar-refractivity contribution in [1.29, 1.82) is 0 Å². The fourth-order valence-electron chi connectivity index (χ4n) is 2.16. The van der Waals surface area contributed by atoms with Gasteiger partial charge in [0.25, 0.3) is 0 Å². The average molecular weight is 317 g/mol. The molecular formula is C12H8Cl2O2P2. The van der Waals surface area contributed by atoms with Gasteiger partial charge >= 0.3 is 0 Å². The maximum Gasteiger partial charge on any atom is 0.227 e. The Hall–Kier alpha value is -0.520. The SMILES string of the molecule is O=P1(Cl)c2ccccc2P(=O)(Cl)c2ccccc21. The van der Waals surface area contributed by atoms with Crippen LogP contribution in [0.4, 0.5) is 0 Å². The van der Waals surface area contributed by atoms with Gasteiger partial charge < -0.3 is 0 Å². The first-order valence-electron chi connectivity index (χ1n) is 5.25. The zero-order chi connectivity index (χ0) is 13.0. The normalized spacial score (nSPS) is 29.4. The van der Waals surface area contributed by atoms with E-state index in [0.29, 0.717) is 21.2 Å². The molecule has 2 aromatic carbocycles. The average Bonchev–Trinajstić information content (AvgIpc) is 2.37. The van der Waals surface area contributed by atoms with E-state index in [-0.39, 0.29) is 0 Å². The summed E-state index contributed by atoms with van der Waals surface area (Å²) in [4.78, 5) is 0. The van der Waals surface area contributed by atoms with Gasteiger partial charge in [-0.3, -0.25) is 9.13 Å². The summed E-state index contributed by atoms with van der Waals surface area (Å²) in [6, 6.07) is 13.4. The molecule has 0 amide bonds. The molecule has 6 heteroatoms.